The van der Waals surface area contributed by atoms with Crippen LogP contribution in [0.15, 0.2) is 18.2 Å². The SMILES string of the molecule is COC(=O)c1cc(N(C)C(C)C(C)C)ccc1N. The first-order valence-corrected chi connectivity index (χ1v) is 6.09. The zero-order valence-electron chi connectivity index (χ0n) is 11.7. The number of hydrogen-bond acceptors (Lipinski definition) is 4. The molecule has 18 heavy (non-hydrogen) atoms. The summed E-state index contributed by atoms with van der Waals surface area (Å²) in [5.41, 5.74) is 7.60. The number of nitrogens with zero attached hydrogens (tertiary/aromatic N) is 1. The van der Waals surface area contributed by atoms with E-state index in [4.69, 9.17) is 10.5 Å². The summed E-state index contributed by atoms with van der Waals surface area (Å²) in [6.07, 6.45) is 0. The number of anilines is 2. The third kappa shape index (κ3) is 2.94. The highest BCUT2D eigenvalue weighted by Gasteiger charge is 2.17. The molecule has 0 spiro atoms. The van der Waals surface area contributed by atoms with E-state index in [1.54, 1.807) is 12.1 Å². The van der Waals surface area contributed by atoms with Crippen molar-refractivity contribution in [1.29, 1.82) is 0 Å². The van der Waals surface area contributed by atoms with Crippen LogP contribution in [0.1, 0.15) is 31.1 Å². The highest BCUT2D eigenvalue weighted by atomic mass is 16.5. The second-order valence-electron chi connectivity index (χ2n) is 4.86. The number of rotatable bonds is 4. The standard InChI is InChI=1S/C14H22N2O2/c1-9(2)10(3)16(4)11-6-7-13(15)12(8-11)14(17)18-5/h6-10H,15H2,1-5H3. The van der Waals surface area contributed by atoms with Crippen LogP contribution >= 0.6 is 0 Å². The van der Waals surface area contributed by atoms with Crippen LogP contribution in [0.2, 0.25) is 0 Å². The summed E-state index contributed by atoms with van der Waals surface area (Å²) in [4.78, 5) is 13.7. The zero-order valence-corrected chi connectivity index (χ0v) is 11.7. The van der Waals surface area contributed by atoms with E-state index in [9.17, 15) is 4.79 Å². The molecular formula is C14H22N2O2. The minimum absolute atomic E-state index is 0.374. The molecular weight excluding hydrogens is 228 g/mol. The maximum absolute atomic E-state index is 11.6. The van der Waals surface area contributed by atoms with Crippen LogP contribution in [0.5, 0.6) is 0 Å². The van der Waals surface area contributed by atoms with Gasteiger partial charge in [0.1, 0.15) is 0 Å². The van der Waals surface area contributed by atoms with Crippen molar-refractivity contribution >= 4 is 17.3 Å². The van der Waals surface area contributed by atoms with Crippen molar-refractivity contribution in [3.8, 4) is 0 Å². The van der Waals surface area contributed by atoms with Crippen molar-refractivity contribution in [1.82, 2.24) is 0 Å². The summed E-state index contributed by atoms with van der Waals surface area (Å²) < 4.78 is 4.72. The molecule has 1 rings (SSSR count). The van der Waals surface area contributed by atoms with Crippen LogP contribution in [-0.4, -0.2) is 26.2 Å². The van der Waals surface area contributed by atoms with Gasteiger partial charge in [-0.3, -0.25) is 0 Å². The van der Waals surface area contributed by atoms with Crippen LogP contribution in [0.25, 0.3) is 0 Å². The molecule has 4 nitrogen and oxygen atoms in total. The Hall–Kier alpha value is -1.71. The number of nitrogen functional groups attached to an aromatic ring is 1. The van der Waals surface area contributed by atoms with Gasteiger partial charge in [0.2, 0.25) is 0 Å². The van der Waals surface area contributed by atoms with Crippen molar-refractivity contribution in [2.75, 3.05) is 24.8 Å². The van der Waals surface area contributed by atoms with Gasteiger partial charge < -0.3 is 15.4 Å². The van der Waals surface area contributed by atoms with Crippen molar-refractivity contribution in [3.05, 3.63) is 23.8 Å². The average Bonchev–Trinajstić information content (AvgIpc) is 2.36. The molecule has 0 bridgehead atoms. The minimum Gasteiger partial charge on any atom is -0.465 e. The van der Waals surface area contributed by atoms with Gasteiger partial charge in [-0.25, -0.2) is 4.79 Å². The molecule has 1 atom stereocenters. The molecule has 0 aromatic heterocycles. The highest BCUT2D eigenvalue weighted by Crippen LogP contribution is 2.24. The third-order valence-electron chi connectivity index (χ3n) is 3.43. The number of benzene rings is 1. The van der Waals surface area contributed by atoms with E-state index in [0.29, 0.717) is 23.2 Å². The molecule has 1 aromatic carbocycles. The molecule has 0 saturated carbocycles. The van der Waals surface area contributed by atoms with Crippen molar-refractivity contribution in [2.45, 2.75) is 26.8 Å². The Balaban J connectivity index is 3.08. The maximum Gasteiger partial charge on any atom is 0.340 e. The normalized spacial score (nSPS) is 12.3. The summed E-state index contributed by atoms with van der Waals surface area (Å²) in [7, 11) is 3.37. The lowest BCUT2D eigenvalue weighted by Crippen LogP contribution is -2.33. The van der Waals surface area contributed by atoms with Gasteiger partial charge in [0.05, 0.1) is 12.7 Å². The number of esters is 1. The highest BCUT2D eigenvalue weighted by molar-refractivity contribution is 5.96. The predicted octanol–water partition coefficient (Wildman–Crippen LogP) is 2.54. The fourth-order valence-electron chi connectivity index (χ4n) is 1.73. The molecule has 0 fully saturated rings. The van der Waals surface area contributed by atoms with E-state index in [0.717, 1.165) is 5.69 Å². The van der Waals surface area contributed by atoms with Gasteiger partial charge in [-0.2, -0.15) is 0 Å². The molecule has 0 radical (unpaired) electrons. The molecule has 1 unspecified atom stereocenters. The summed E-state index contributed by atoms with van der Waals surface area (Å²) in [6, 6.07) is 5.81. The van der Waals surface area contributed by atoms with Crippen LogP contribution < -0.4 is 10.6 Å². The van der Waals surface area contributed by atoms with Crippen LogP contribution in [0.3, 0.4) is 0 Å². The molecule has 0 aliphatic heterocycles. The van der Waals surface area contributed by atoms with Gasteiger partial charge in [-0.15, -0.1) is 0 Å². The van der Waals surface area contributed by atoms with E-state index >= 15 is 0 Å². The van der Waals surface area contributed by atoms with Crippen LogP contribution in [0, 0.1) is 5.92 Å². The molecule has 1 aromatic rings. The quantitative estimate of drug-likeness (QED) is 0.659. The van der Waals surface area contributed by atoms with Crippen molar-refractivity contribution < 1.29 is 9.53 Å². The average molecular weight is 250 g/mol. The second kappa shape index (κ2) is 5.76. The van der Waals surface area contributed by atoms with Gasteiger partial charge in [0, 0.05) is 24.5 Å². The first kappa shape index (κ1) is 14.4. The Kier molecular flexibility index (Phi) is 4.59. The van der Waals surface area contributed by atoms with Crippen LogP contribution in [0.4, 0.5) is 11.4 Å². The number of ether oxygens (including phenoxy) is 1. The summed E-state index contributed by atoms with van der Waals surface area (Å²) >= 11 is 0. The molecule has 100 valence electrons. The van der Waals surface area contributed by atoms with Gasteiger partial charge in [0.25, 0.3) is 0 Å². The van der Waals surface area contributed by atoms with Crippen molar-refractivity contribution in [2.24, 2.45) is 5.92 Å². The van der Waals surface area contributed by atoms with Gasteiger partial charge in [0.15, 0.2) is 0 Å². The van der Waals surface area contributed by atoms with Crippen molar-refractivity contribution in [3.63, 3.8) is 0 Å². The monoisotopic (exact) mass is 250 g/mol. The maximum atomic E-state index is 11.6. The number of carbonyl (C=O) groups is 1. The van der Waals surface area contributed by atoms with Gasteiger partial charge in [-0.05, 0) is 31.0 Å². The second-order valence-corrected chi connectivity index (χ2v) is 4.86. The first-order chi connectivity index (χ1) is 8.38. The fourth-order valence-corrected chi connectivity index (χ4v) is 1.73. The number of carbonyl (C=O) groups excluding carboxylic acids is 1. The molecule has 0 amide bonds. The number of hydrogen-bond donors (Lipinski definition) is 1. The van der Waals surface area contributed by atoms with E-state index in [1.807, 2.05) is 13.1 Å². The Morgan fingerprint density at radius 2 is 1.94 bits per heavy atom. The number of methoxy groups -OCH3 is 1. The molecule has 0 heterocycles. The van der Waals surface area contributed by atoms with E-state index in [2.05, 4.69) is 25.7 Å². The third-order valence-corrected chi connectivity index (χ3v) is 3.43. The Labute approximate surface area is 109 Å². The van der Waals surface area contributed by atoms with E-state index in [-0.39, 0.29) is 0 Å². The van der Waals surface area contributed by atoms with Gasteiger partial charge >= 0.3 is 5.97 Å². The largest absolute Gasteiger partial charge is 0.465 e. The first-order valence-electron chi connectivity index (χ1n) is 6.09. The summed E-state index contributed by atoms with van der Waals surface area (Å²) in [6.45, 7) is 6.48. The predicted molar refractivity (Wildman–Crippen MR) is 74.9 cm³/mol. The summed E-state index contributed by atoms with van der Waals surface area (Å²) in [5, 5.41) is 0. The molecule has 0 aliphatic carbocycles. The zero-order chi connectivity index (χ0) is 13.9. The van der Waals surface area contributed by atoms with Crippen LogP contribution in [-0.2, 0) is 4.74 Å². The molecule has 4 heteroatoms. The molecule has 2 N–H and O–H groups in total. The Morgan fingerprint density at radius 1 is 1.33 bits per heavy atom. The minimum atomic E-state index is -0.403. The smallest absolute Gasteiger partial charge is 0.340 e. The summed E-state index contributed by atoms with van der Waals surface area (Å²) in [5.74, 6) is 0.120. The topological polar surface area (TPSA) is 55.6 Å². The lowest BCUT2D eigenvalue weighted by Gasteiger charge is -2.30. The lowest BCUT2D eigenvalue weighted by molar-refractivity contribution is 0.0602. The van der Waals surface area contributed by atoms with E-state index < -0.39 is 5.97 Å². The van der Waals surface area contributed by atoms with Gasteiger partial charge in [-0.1, -0.05) is 13.8 Å². The van der Waals surface area contributed by atoms with E-state index in [1.165, 1.54) is 7.11 Å². The molecule has 0 aliphatic rings. The Morgan fingerprint density at radius 3 is 2.44 bits per heavy atom. The Bertz CT molecular complexity index is 430. The fraction of sp³-hybridized carbons (Fsp3) is 0.500. The lowest BCUT2D eigenvalue weighted by atomic mass is 10.0. The number of nitrogens with two attached hydrogens (primary N) is 1. The molecule has 0 saturated heterocycles.